The summed E-state index contributed by atoms with van der Waals surface area (Å²) >= 11 is 12.6. The van der Waals surface area contributed by atoms with E-state index >= 15 is 0 Å². The van der Waals surface area contributed by atoms with Crippen LogP contribution in [0.15, 0.2) is 142 Å². The Morgan fingerprint density at radius 3 is 1.24 bits per heavy atom. The van der Waals surface area contributed by atoms with E-state index in [0.29, 0.717) is 160 Å². The van der Waals surface area contributed by atoms with E-state index in [-0.39, 0.29) is 47.6 Å². The van der Waals surface area contributed by atoms with E-state index < -0.39 is 5.97 Å². The molecule has 0 spiro atoms. The van der Waals surface area contributed by atoms with Crippen LogP contribution in [0.5, 0.6) is 0 Å². The number of rotatable bonds is 24. The van der Waals surface area contributed by atoms with E-state index in [2.05, 4.69) is 53.9 Å². The standard InChI is InChI=1S/C20H24N2O2.C17H21NO4.C16H16O3.C15H14ClNO2.C12H14BrNO2.C12H15NO2.C9H10BrNO2/c1-2-24-20(23)16-12-15-8-9-18(22-10-4-3-5-11-22)21-19(15)17(13-16)14-6-7-14;1-3-21-15(19)8-7-12-9-13(17(20)22-4-2)10-14(16(12)18)11-5-6-11;1-2-19-16(18)12-7-11-5-6-13(17)9-15(11)14(8-12)10-3-4-10;1-2-19-15(18)11-7-10-5-6-13(16)17-14(10)12(8-11)9-3-4-9;1-2-16-12(15)8-5-9(7-3-4-7)11(14)10(13)6-8;1-2-15-12(14)9-5-6-11(13)10(7-9)8-3-4-8;1-2-13-9(12)6-3-4-8(11)7(10)5-6/h8-9,12-14H,2-7,10-11H2,1H3;7-11H,3-6,18H2,1-2H3;5-8,10H,2-4,9H2,1H3;5-9H,2-4H2,1H3;5-7H,2-4,14H2,1H3;5-8H,2-4,13H2,1H3;3-5H,2,11H2,1H3/b;8-7+;;;;;. The first-order chi connectivity index (χ1) is 61.7. The molecule has 7 aromatic carbocycles. The summed E-state index contributed by atoms with van der Waals surface area (Å²) in [5, 5.41) is 2.47. The predicted octanol–water partition coefficient (Wildman–Crippen LogP) is 21.6. The SMILES string of the molecule is CCOC(=O)/C=C/c1cc(C(=O)OCC)cc(C2CC2)c1N.CCOC(=O)c1cc(Br)c(N)c(C2CC2)c1.CCOC(=O)c1cc(C2CC2)c2nc(Cl)ccc2c1.CCOC(=O)c1cc(C2CC2)c2nc(N3CCCCC3)ccc2c1.CCOC(=O)c1cc2c(c(C3CC3)c1)CC(=O)C=C2.CCOC(=O)c1ccc(N)c(Br)c1.CCOC(=O)c1ccc(N)c(C2CC2)c1. The Morgan fingerprint density at radius 2 is 0.766 bits per heavy atom. The van der Waals surface area contributed by atoms with Gasteiger partial charge in [0.2, 0.25) is 0 Å². The van der Waals surface area contributed by atoms with Crippen molar-refractivity contribution in [2.45, 2.75) is 194 Å². The van der Waals surface area contributed by atoms with E-state index in [1.54, 1.807) is 108 Å². The average Bonchev–Trinajstić information content (AvgIpc) is 1.59. The molecule has 6 saturated carbocycles. The van der Waals surface area contributed by atoms with E-state index in [9.17, 15) is 43.2 Å². The van der Waals surface area contributed by atoms with Gasteiger partial charge in [-0.2, -0.15) is 0 Å². The number of benzene rings is 7. The number of ketones is 1. The van der Waals surface area contributed by atoms with Gasteiger partial charge in [-0.3, -0.25) is 4.79 Å². The molecule has 7 aliphatic carbocycles. The number of aromatic nitrogens is 2. The zero-order valence-corrected chi connectivity index (χ0v) is 77.9. The van der Waals surface area contributed by atoms with Gasteiger partial charge in [-0.15, -0.1) is 0 Å². The maximum absolute atomic E-state index is 12.1. The Balaban J connectivity index is 0.000000146. The number of fused-ring (bicyclic) bond motifs is 3. The average molecular weight is 1890 g/mol. The Labute approximate surface area is 769 Å². The molecule has 7 fully saturated rings. The Kier molecular flexibility index (Phi) is 35.3. The molecule has 2 aromatic heterocycles. The number of allylic oxidation sites excluding steroid dienone is 1. The predicted molar refractivity (Wildman–Crippen MR) is 507 cm³/mol. The fraction of sp³-hybridized carbons (Fsp3) is 0.396. The largest absolute Gasteiger partial charge is 0.463 e. The molecule has 128 heavy (non-hydrogen) atoms. The monoisotopic (exact) mass is 1890 g/mol. The van der Waals surface area contributed by atoms with Gasteiger partial charge in [0.1, 0.15) is 11.0 Å². The number of nitrogens with zero attached hydrogens (tertiary/aromatic N) is 3. The van der Waals surface area contributed by atoms with Crippen LogP contribution in [0.4, 0.5) is 28.6 Å². The highest BCUT2D eigenvalue weighted by molar-refractivity contribution is 9.11. The van der Waals surface area contributed by atoms with Crippen molar-refractivity contribution < 1.29 is 81.0 Å². The van der Waals surface area contributed by atoms with Crippen molar-refractivity contribution in [3.8, 4) is 0 Å². The number of esters is 8. The van der Waals surface area contributed by atoms with Crippen molar-refractivity contribution in [3.05, 3.63) is 237 Å². The second kappa shape index (κ2) is 46.5. The molecular weight excluding hydrogens is 1780 g/mol. The highest BCUT2D eigenvalue weighted by atomic mass is 79.9. The first-order valence-corrected chi connectivity index (χ1v) is 46.4. The summed E-state index contributed by atoms with van der Waals surface area (Å²) in [6, 6.07) is 36.6. The van der Waals surface area contributed by atoms with Crippen LogP contribution in [-0.4, -0.2) is 129 Å². The lowest BCUT2D eigenvalue weighted by atomic mass is 9.88. The summed E-state index contributed by atoms with van der Waals surface area (Å²) in [6.45, 7) is 19.5. The van der Waals surface area contributed by atoms with Gasteiger partial charge >= 0.3 is 47.8 Å². The van der Waals surface area contributed by atoms with Crippen molar-refractivity contribution in [1.82, 2.24) is 9.97 Å². The molecule has 1 aliphatic heterocycles. The minimum absolute atomic E-state index is 0.137. The maximum Gasteiger partial charge on any atom is 0.338 e. The molecule has 676 valence electrons. The summed E-state index contributed by atoms with van der Waals surface area (Å²) in [5.74, 6) is 1.76. The molecule has 3 heterocycles. The second-order valence-electron chi connectivity index (χ2n) is 32.1. The molecule has 0 radical (unpaired) electrons. The number of piperidine rings is 1. The maximum atomic E-state index is 12.1. The number of carbonyl (C=O) groups is 9. The van der Waals surface area contributed by atoms with Gasteiger partial charge in [-0.25, -0.2) is 48.3 Å². The smallest absolute Gasteiger partial charge is 0.338 e. The minimum Gasteiger partial charge on any atom is -0.463 e. The van der Waals surface area contributed by atoms with Crippen molar-refractivity contribution >= 4 is 160 Å². The third-order valence-electron chi connectivity index (χ3n) is 22.3. The Morgan fingerprint density at radius 1 is 0.391 bits per heavy atom. The lowest BCUT2D eigenvalue weighted by Crippen LogP contribution is -2.30. The number of ether oxygens (including phenoxy) is 8. The fourth-order valence-corrected chi connectivity index (χ4v) is 15.9. The quantitative estimate of drug-likeness (QED) is 0.0143. The zero-order valence-electron chi connectivity index (χ0n) is 73.9. The minimum atomic E-state index is -0.434. The molecule has 0 bridgehead atoms. The van der Waals surface area contributed by atoms with Gasteiger partial charge in [0.05, 0.1) is 103 Å². The summed E-state index contributed by atoms with van der Waals surface area (Å²) in [6.07, 6.45) is 24.4. The number of anilines is 5. The molecule has 8 aliphatic rings. The molecule has 24 nitrogen and oxygen atoms in total. The molecule has 8 N–H and O–H groups in total. The lowest BCUT2D eigenvalue weighted by molar-refractivity contribution is -0.137. The number of nitrogen functional groups attached to an aromatic ring is 4. The van der Waals surface area contributed by atoms with Gasteiger partial charge in [0.25, 0.3) is 0 Å². The van der Waals surface area contributed by atoms with Gasteiger partial charge in [-0.1, -0.05) is 17.7 Å². The van der Waals surface area contributed by atoms with Crippen molar-refractivity contribution in [1.29, 1.82) is 0 Å². The normalized spacial score (nSPS) is 15.1. The summed E-state index contributed by atoms with van der Waals surface area (Å²) in [5.41, 5.74) is 41.6. The topological polar surface area (TPSA) is 361 Å². The Bertz CT molecular complexity index is 5630. The number of hydrogen-bond donors (Lipinski definition) is 4. The van der Waals surface area contributed by atoms with Crippen molar-refractivity contribution in [2.75, 3.05) is 93.8 Å². The first-order valence-electron chi connectivity index (χ1n) is 44.4. The van der Waals surface area contributed by atoms with Gasteiger partial charge in [0, 0.05) is 68.1 Å². The number of nitrogens with two attached hydrogens (primary N) is 4. The third kappa shape index (κ3) is 27.3. The van der Waals surface area contributed by atoms with Crippen LogP contribution in [0.1, 0.15) is 310 Å². The highest BCUT2D eigenvalue weighted by Crippen LogP contribution is 2.49. The summed E-state index contributed by atoms with van der Waals surface area (Å²) in [4.78, 5) is 117. The van der Waals surface area contributed by atoms with Crippen LogP contribution in [0.25, 0.3) is 34.0 Å². The summed E-state index contributed by atoms with van der Waals surface area (Å²) in [7, 11) is 0. The number of halogens is 3. The van der Waals surface area contributed by atoms with Crippen molar-refractivity contribution in [2.24, 2.45) is 0 Å². The van der Waals surface area contributed by atoms with E-state index in [0.717, 1.165) is 141 Å². The van der Waals surface area contributed by atoms with Crippen LogP contribution < -0.4 is 27.8 Å². The van der Waals surface area contributed by atoms with Crippen LogP contribution in [0.2, 0.25) is 5.15 Å². The zero-order chi connectivity index (χ0) is 91.8. The van der Waals surface area contributed by atoms with E-state index in [1.807, 2.05) is 74.5 Å². The molecule has 9 aromatic rings. The van der Waals surface area contributed by atoms with Crippen LogP contribution in [0.3, 0.4) is 0 Å². The first kappa shape index (κ1) is 97.1. The number of carbonyl (C=O) groups excluding carboxylic acids is 9. The van der Waals surface area contributed by atoms with Gasteiger partial charge in [-0.05, 0) is 403 Å². The van der Waals surface area contributed by atoms with Crippen LogP contribution in [-0.2, 0) is 53.9 Å². The van der Waals surface area contributed by atoms with E-state index in [1.165, 1.54) is 62.1 Å². The Hall–Kier alpha value is -11.5. The van der Waals surface area contributed by atoms with Crippen LogP contribution >= 0.6 is 43.5 Å². The van der Waals surface area contributed by atoms with Crippen LogP contribution in [0, 0.1) is 0 Å². The third-order valence-corrected chi connectivity index (χ3v) is 23.8. The molecule has 0 unspecified atom stereocenters. The van der Waals surface area contributed by atoms with E-state index in [4.69, 9.17) is 77.4 Å². The number of hydrogen-bond acceptors (Lipinski definition) is 24. The molecule has 27 heteroatoms. The molecule has 0 amide bonds. The lowest BCUT2D eigenvalue weighted by Gasteiger charge is -2.28. The van der Waals surface area contributed by atoms with Gasteiger partial charge in [0.15, 0.2) is 5.78 Å². The second-order valence-corrected chi connectivity index (χ2v) is 34.2. The fourth-order valence-electron chi connectivity index (χ4n) is 14.9. The number of pyridine rings is 2. The molecule has 17 rings (SSSR count). The summed E-state index contributed by atoms with van der Waals surface area (Å²) < 4.78 is 41.4. The van der Waals surface area contributed by atoms with Crippen molar-refractivity contribution in [3.63, 3.8) is 0 Å². The molecule has 0 atom stereocenters. The molecule has 1 saturated heterocycles. The van der Waals surface area contributed by atoms with Gasteiger partial charge < -0.3 is 65.7 Å². The highest BCUT2D eigenvalue weighted by Gasteiger charge is 2.34. The molecular formula is C101H114Br2ClN7O17.